The maximum atomic E-state index is 5.35. The van der Waals surface area contributed by atoms with E-state index in [0.29, 0.717) is 0 Å². The standard InChI is InChI=1S/2C19H29OP.2ClH.Pd/c2*1-20-16-12-14-19(15-13-16)21(17-8-4-2-5-9-17)18-10-6-3-7-11-18;;;/h2*12-15,17-18H,2-11H2,1H3;2*1H;/q;;;;+2/p-2. The predicted molar refractivity (Wildman–Crippen MR) is 198 cm³/mol. The van der Waals surface area contributed by atoms with Gasteiger partial charge in [-0.15, -0.1) is 0 Å². The predicted octanol–water partition coefficient (Wildman–Crippen LogP) is 12.3. The normalized spacial score (nSPS) is 20.7. The molecule has 4 aliphatic rings. The molecule has 0 unspecified atom stereocenters. The van der Waals surface area contributed by atoms with E-state index in [1.54, 1.807) is 24.8 Å². The van der Waals surface area contributed by atoms with Crippen molar-refractivity contribution >= 4 is 45.5 Å². The van der Waals surface area contributed by atoms with Gasteiger partial charge >= 0.3 is 35.0 Å². The Morgan fingerprint density at radius 1 is 0.444 bits per heavy atom. The summed E-state index contributed by atoms with van der Waals surface area (Å²) < 4.78 is 10.7. The summed E-state index contributed by atoms with van der Waals surface area (Å²) in [5, 5.41) is 3.29. The second kappa shape index (κ2) is 22.0. The molecular weight excluding hydrogens is 728 g/mol. The van der Waals surface area contributed by atoms with E-state index in [2.05, 4.69) is 48.5 Å². The fourth-order valence-corrected chi connectivity index (χ4v) is 15.9. The number of benzene rings is 2. The minimum absolute atomic E-state index is 0.0350. The number of hydrogen-bond acceptors (Lipinski definition) is 2. The summed E-state index contributed by atoms with van der Waals surface area (Å²) >= 11 is -0.106. The van der Waals surface area contributed by atoms with Crippen LogP contribution in [0.3, 0.4) is 0 Å². The summed E-state index contributed by atoms with van der Waals surface area (Å²) in [5.74, 6) is 2.00. The molecule has 0 saturated heterocycles. The molecule has 6 rings (SSSR count). The Kier molecular flexibility index (Phi) is 18.5. The first-order valence-corrected chi connectivity index (χ1v) is 24.8. The van der Waals surface area contributed by atoms with Crippen LogP contribution in [0, 0.1) is 0 Å². The molecule has 0 radical (unpaired) electrons. The Morgan fingerprint density at radius 3 is 0.867 bits per heavy atom. The minimum atomic E-state index is -0.106. The van der Waals surface area contributed by atoms with Crippen LogP contribution in [-0.4, -0.2) is 36.9 Å². The Labute approximate surface area is 294 Å². The molecule has 45 heavy (non-hydrogen) atoms. The third-order valence-corrected chi connectivity index (χ3v) is 17.6. The molecule has 0 aromatic heterocycles. The summed E-state index contributed by atoms with van der Waals surface area (Å²) in [7, 11) is 13.2. The van der Waals surface area contributed by atoms with Crippen LogP contribution in [0.4, 0.5) is 0 Å². The molecule has 0 heterocycles. The van der Waals surface area contributed by atoms with Gasteiger partial charge in [0.25, 0.3) is 0 Å². The molecule has 0 aliphatic heterocycles. The van der Waals surface area contributed by atoms with Crippen molar-refractivity contribution in [3.8, 4) is 11.5 Å². The molecule has 2 aromatic rings. The summed E-state index contributed by atoms with van der Waals surface area (Å²) in [6.07, 6.45) is 29.4. The van der Waals surface area contributed by atoms with Crippen LogP contribution < -0.4 is 20.1 Å². The molecule has 0 spiro atoms. The molecule has 256 valence electrons. The van der Waals surface area contributed by atoms with Crippen molar-refractivity contribution in [1.82, 2.24) is 0 Å². The molecule has 7 heteroatoms. The van der Waals surface area contributed by atoms with E-state index in [-0.39, 0.29) is 31.8 Å². The number of halogens is 2. The quantitative estimate of drug-likeness (QED) is 0.196. The molecule has 0 amide bonds. The monoisotopic (exact) mass is 784 g/mol. The fraction of sp³-hybridized carbons (Fsp3) is 0.684. The molecule has 0 N–H and O–H groups in total. The van der Waals surface area contributed by atoms with Crippen molar-refractivity contribution in [3.05, 3.63) is 48.5 Å². The van der Waals surface area contributed by atoms with Gasteiger partial charge in [0.1, 0.15) is 11.5 Å². The number of methoxy groups -OCH3 is 2. The van der Waals surface area contributed by atoms with Crippen LogP contribution in [0.5, 0.6) is 11.5 Å². The average Bonchev–Trinajstić information content (AvgIpc) is 3.12. The Morgan fingerprint density at radius 2 is 0.667 bits per heavy atom. The maximum absolute atomic E-state index is 5.35. The van der Waals surface area contributed by atoms with E-state index in [9.17, 15) is 0 Å². The van der Waals surface area contributed by atoms with E-state index >= 15 is 0 Å². The number of hydrogen-bond donors (Lipinski definition) is 0. The zero-order valence-corrected chi connectivity index (χ0v) is 32.7. The van der Waals surface area contributed by atoms with E-state index in [4.69, 9.17) is 28.5 Å². The summed E-state index contributed by atoms with van der Waals surface area (Å²) in [6.45, 7) is 0. The van der Waals surface area contributed by atoms with Gasteiger partial charge in [-0.3, -0.25) is 0 Å². The molecule has 4 fully saturated rings. The van der Waals surface area contributed by atoms with Crippen LogP contribution in [0.1, 0.15) is 128 Å². The SMILES string of the molecule is COc1ccc(P(C2CCCCC2)C2CCCCC2)cc1.COc1ccc(P(C2CCCCC2)C2CCCCC2)cc1.[Cl][Pd][Cl]. The summed E-state index contributed by atoms with van der Waals surface area (Å²) in [5.41, 5.74) is 3.96. The molecule has 4 aliphatic carbocycles. The third-order valence-electron chi connectivity index (χ3n) is 10.6. The van der Waals surface area contributed by atoms with Crippen molar-refractivity contribution in [2.75, 3.05) is 14.2 Å². The first kappa shape index (κ1) is 38.0. The van der Waals surface area contributed by atoms with Crippen molar-refractivity contribution < 1.29 is 25.4 Å². The van der Waals surface area contributed by atoms with E-state index in [0.717, 1.165) is 34.1 Å². The molecule has 2 nitrogen and oxygen atoms in total. The fourth-order valence-electron chi connectivity index (χ4n) is 8.39. The van der Waals surface area contributed by atoms with E-state index < -0.39 is 0 Å². The first-order valence-electron chi connectivity index (χ1n) is 17.9. The molecule has 0 atom stereocenters. The number of ether oxygens (including phenoxy) is 2. The Hall–Kier alpha value is 0.142. The zero-order valence-electron chi connectivity index (χ0n) is 27.9. The van der Waals surface area contributed by atoms with Crippen molar-refractivity contribution in [1.29, 1.82) is 0 Å². The summed E-state index contributed by atoms with van der Waals surface area (Å²) in [6, 6.07) is 18.2. The van der Waals surface area contributed by atoms with Crippen molar-refractivity contribution in [2.45, 2.75) is 151 Å². The first-order chi connectivity index (χ1) is 22.2. The van der Waals surface area contributed by atoms with Crippen LogP contribution in [0.15, 0.2) is 48.5 Å². The van der Waals surface area contributed by atoms with Gasteiger partial charge in [-0.2, -0.15) is 0 Å². The zero-order chi connectivity index (χ0) is 31.7. The van der Waals surface area contributed by atoms with Crippen LogP contribution >= 0.6 is 34.9 Å². The van der Waals surface area contributed by atoms with Gasteiger partial charge in [0.15, 0.2) is 0 Å². The molecule has 4 saturated carbocycles. The topological polar surface area (TPSA) is 18.5 Å². The van der Waals surface area contributed by atoms with Crippen LogP contribution in [-0.2, 0) is 15.9 Å². The van der Waals surface area contributed by atoms with Gasteiger partial charge < -0.3 is 9.47 Å². The molecular formula is C38H58Cl2O2P2Pd. The van der Waals surface area contributed by atoms with E-state index in [1.165, 1.54) is 128 Å². The second-order valence-corrected chi connectivity index (χ2v) is 21.4. The van der Waals surface area contributed by atoms with E-state index in [1.807, 2.05) is 0 Å². The van der Waals surface area contributed by atoms with Gasteiger partial charge in [0, 0.05) is 0 Å². The molecule has 2 aromatic carbocycles. The number of rotatable bonds is 8. The van der Waals surface area contributed by atoms with Gasteiger partial charge in [-0.25, -0.2) is 0 Å². The van der Waals surface area contributed by atoms with Crippen LogP contribution in [0.25, 0.3) is 0 Å². The summed E-state index contributed by atoms with van der Waals surface area (Å²) in [4.78, 5) is 0. The Bertz CT molecular complexity index is 913. The van der Waals surface area contributed by atoms with Crippen molar-refractivity contribution in [2.24, 2.45) is 0 Å². The van der Waals surface area contributed by atoms with Crippen LogP contribution in [0.2, 0.25) is 0 Å². The second-order valence-electron chi connectivity index (χ2n) is 13.4. The van der Waals surface area contributed by atoms with Gasteiger partial charge in [-0.05, 0) is 109 Å². The van der Waals surface area contributed by atoms with Gasteiger partial charge in [0.2, 0.25) is 0 Å². The van der Waals surface area contributed by atoms with Gasteiger partial charge in [0.05, 0.1) is 14.2 Å². The third kappa shape index (κ3) is 12.2. The van der Waals surface area contributed by atoms with Gasteiger partial charge in [-0.1, -0.05) is 117 Å². The average molecular weight is 786 g/mol. The molecule has 0 bridgehead atoms. The Balaban J connectivity index is 0.000000189. The van der Waals surface area contributed by atoms with Crippen molar-refractivity contribution in [3.63, 3.8) is 0 Å².